The maximum absolute atomic E-state index is 12.2. The highest BCUT2D eigenvalue weighted by Gasteiger charge is 2.48. The van der Waals surface area contributed by atoms with Gasteiger partial charge < -0.3 is 21.7 Å². The van der Waals surface area contributed by atoms with Crippen molar-refractivity contribution < 1.29 is 34.2 Å². The van der Waals surface area contributed by atoms with E-state index in [1.807, 2.05) is 0 Å². The highest BCUT2D eigenvalue weighted by Crippen LogP contribution is 2.21. The molecule has 2 unspecified atom stereocenters. The van der Waals surface area contributed by atoms with E-state index in [0.29, 0.717) is 0 Å². The molecule has 0 bridgehead atoms. The van der Waals surface area contributed by atoms with Crippen LogP contribution in [0.5, 0.6) is 0 Å². The smallest absolute Gasteiger partial charge is 0.331 e. The van der Waals surface area contributed by atoms with Crippen molar-refractivity contribution >= 4 is 29.3 Å². The van der Waals surface area contributed by atoms with Gasteiger partial charge in [0.25, 0.3) is 0 Å². The van der Waals surface area contributed by atoms with Gasteiger partial charge in [-0.2, -0.15) is 0 Å². The minimum absolute atomic E-state index is 0.235. The Morgan fingerprint density at radius 3 is 1.48 bits per heavy atom. The predicted octanol–water partition coefficient (Wildman–Crippen LogP) is -0.260. The van der Waals surface area contributed by atoms with Crippen molar-refractivity contribution in [2.75, 3.05) is 0 Å². The Hall–Kier alpha value is -2.13. The van der Waals surface area contributed by atoms with Crippen molar-refractivity contribution in [2.45, 2.75) is 58.0 Å². The SMILES string of the molecule is CC(C)CC(N)(C(=O)O)C(=O)CC(=O)C(=O)C(N)(CC(C)C)C(=O)O. The van der Waals surface area contributed by atoms with Crippen LogP contribution in [-0.2, 0) is 24.0 Å². The molecule has 6 N–H and O–H groups in total. The van der Waals surface area contributed by atoms with Crippen LogP contribution in [0, 0.1) is 11.8 Å². The summed E-state index contributed by atoms with van der Waals surface area (Å²) in [5.41, 5.74) is 6.41. The van der Waals surface area contributed by atoms with Crippen molar-refractivity contribution in [2.24, 2.45) is 23.3 Å². The molecule has 0 spiro atoms. The monoisotopic (exact) mass is 358 g/mol. The molecule has 0 radical (unpaired) electrons. The molecule has 0 saturated carbocycles. The molecule has 0 aliphatic carbocycles. The lowest BCUT2D eigenvalue weighted by molar-refractivity contribution is -0.155. The Morgan fingerprint density at radius 2 is 1.16 bits per heavy atom. The first-order valence-corrected chi connectivity index (χ1v) is 7.84. The first-order valence-electron chi connectivity index (χ1n) is 7.84. The molecule has 0 aromatic rings. The molecule has 0 rings (SSSR count). The number of rotatable bonds is 11. The number of carboxylic acid groups (broad SMARTS) is 2. The summed E-state index contributed by atoms with van der Waals surface area (Å²) in [6, 6.07) is 0. The van der Waals surface area contributed by atoms with Gasteiger partial charge in [-0.15, -0.1) is 0 Å². The van der Waals surface area contributed by atoms with Crippen LogP contribution in [0.1, 0.15) is 47.0 Å². The standard InChI is InChI=1S/C16H26N2O7/c1-8(2)6-15(17,13(22)23)11(20)5-10(19)12(21)16(18,14(24)25)7-9(3)4/h8-9H,5-7,17-18H2,1-4H3,(H,22,23)(H,24,25). The molecule has 0 aromatic carbocycles. The lowest BCUT2D eigenvalue weighted by Gasteiger charge is -2.26. The van der Waals surface area contributed by atoms with Crippen molar-refractivity contribution in [3.63, 3.8) is 0 Å². The van der Waals surface area contributed by atoms with Crippen LogP contribution in [0.4, 0.5) is 0 Å². The van der Waals surface area contributed by atoms with Gasteiger partial charge in [0.15, 0.2) is 16.9 Å². The highest BCUT2D eigenvalue weighted by atomic mass is 16.4. The summed E-state index contributed by atoms with van der Waals surface area (Å²) in [5.74, 6) is -7.84. The van der Waals surface area contributed by atoms with E-state index >= 15 is 0 Å². The van der Waals surface area contributed by atoms with Crippen LogP contribution in [0.15, 0.2) is 0 Å². The lowest BCUT2D eigenvalue weighted by Crippen LogP contribution is -2.60. The zero-order valence-electron chi connectivity index (χ0n) is 14.9. The number of ketones is 3. The Bertz CT molecular complexity index is 585. The first-order chi connectivity index (χ1) is 11.2. The Morgan fingerprint density at radius 1 is 0.800 bits per heavy atom. The number of carbonyl (C=O) groups is 5. The first kappa shape index (κ1) is 22.9. The van der Waals surface area contributed by atoms with Crippen LogP contribution in [0.2, 0.25) is 0 Å². The Kier molecular flexibility index (Phi) is 7.60. The summed E-state index contributed by atoms with van der Waals surface area (Å²) in [5, 5.41) is 18.4. The van der Waals surface area contributed by atoms with Gasteiger partial charge in [0.05, 0.1) is 6.42 Å². The topological polar surface area (TPSA) is 178 Å². The summed E-state index contributed by atoms with van der Waals surface area (Å²) >= 11 is 0. The zero-order chi connectivity index (χ0) is 20.2. The van der Waals surface area contributed by atoms with E-state index in [0.717, 1.165) is 0 Å². The van der Waals surface area contributed by atoms with Crippen LogP contribution in [0.25, 0.3) is 0 Å². The lowest BCUT2D eigenvalue weighted by atomic mass is 9.80. The van der Waals surface area contributed by atoms with Crippen LogP contribution in [-0.4, -0.2) is 50.6 Å². The van der Waals surface area contributed by atoms with Gasteiger partial charge in [0, 0.05) is 0 Å². The van der Waals surface area contributed by atoms with E-state index in [1.54, 1.807) is 27.7 Å². The number of nitrogens with two attached hydrogens (primary N) is 2. The Labute approximate surface area is 145 Å². The molecular weight excluding hydrogens is 332 g/mol. The van der Waals surface area contributed by atoms with E-state index in [1.165, 1.54) is 0 Å². The number of carboxylic acids is 2. The fourth-order valence-electron chi connectivity index (χ4n) is 2.52. The van der Waals surface area contributed by atoms with E-state index in [4.69, 9.17) is 11.5 Å². The van der Waals surface area contributed by atoms with E-state index in [9.17, 15) is 34.2 Å². The largest absolute Gasteiger partial charge is 0.480 e. The molecule has 0 heterocycles. The maximum atomic E-state index is 12.2. The van der Waals surface area contributed by atoms with E-state index in [-0.39, 0.29) is 24.7 Å². The van der Waals surface area contributed by atoms with Gasteiger partial charge >= 0.3 is 11.9 Å². The number of hydrogen-bond donors (Lipinski definition) is 4. The Balaban J connectivity index is 5.48. The predicted molar refractivity (Wildman–Crippen MR) is 87.7 cm³/mol. The molecule has 0 aliphatic heterocycles. The molecule has 0 fully saturated rings. The zero-order valence-corrected chi connectivity index (χ0v) is 14.9. The third kappa shape index (κ3) is 5.43. The fraction of sp³-hybridized carbons (Fsp3) is 0.688. The molecule has 0 aliphatic rings. The van der Waals surface area contributed by atoms with E-state index < -0.39 is 46.8 Å². The fourth-order valence-corrected chi connectivity index (χ4v) is 2.52. The average molecular weight is 358 g/mol. The third-order valence-corrected chi connectivity index (χ3v) is 3.70. The molecule has 9 heteroatoms. The molecule has 0 saturated heterocycles. The van der Waals surface area contributed by atoms with Crippen molar-refractivity contribution in [3.8, 4) is 0 Å². The van der Waals surface area contributed by atoms with Gasteiger partial charge in [-0.3, -0.25) is 14.4 Å². The van der Waals surface area contributed by atoms with Crippen LogP contribution >= 0.6 is 0 Å². The number of Topliss-reactive ketones (excluding diaryl/α,β-unsaturated/α-hetero) is 3. The maximum Gasteiger partial charge on any atom is 0.331 e. The second-order valence-corrected chi connectivity index (χ2v) is 7.10. The summed E-state index contributed by atoms with van der Waals surface area (Å²) in [4.78, 5) is 59.2. The summed E-state index contributed by atoms with van der Waals surface area (Å²) in [6.45, 7) is 6.52. The van der Waals surface area contributed by atoms with Crippen molar-refractivity contribution in [3.05, 3.63) is 0 Å². The van der Waals surface area contributed by atoms with Gasteiger partial charge in [-0.1, -0.05) is 27.7 Å². The molecule has 2 atom stereocenters. The van der Waals surface area contributed by atoms with Gasteiger partial charge in [0.1, 0.15) is 0 Å². The van der Waals surface area contributed by atoms with Crippen molar-refractivity contribution in [1.82, 2.24) is 0 Å². The molecule has 9 nitrogen and oxygen atoms in total. The highest BCUT2D eigenvalue weighted by molar-refractivity contribution is 6.47. The minimum atomic E-state index is -2.47. The van der Waals surface area contributed by atoms with E-state index in [2.05, 4.69) is 0 Å². The van der Waals surface area contributed by atoms with Crippen molar-refractivity contribution in [1.29, 1.82) is 0 Å². The summed E-state index contributed by atoms with van der Waals surface area (Å²) in [7, 11) is 0. The summed E-state index contributed by atoms with van der Waals surface area (Å²) < 4.78 is 0. The molecule has 0 aromatic heterocycles. The molecule has 0 amide bonds. The van der Waals surface area contributed by atoms with Crippen LogP contribution in [0.3, 0.4) is 0 Å². The number of carbonyl (C=O) groups excluding carboxylic acids is 3. The number of hydrogen-bond acceptors (Lipinski definition) is 7. The average Bonchev–Trinajstić information content (AvgIpc) is 2.43. The normalized spacial score (nSPS) is 16.2. The van der Waals surface area contributed by atoms with Gasteiger partial charge in [-0.25, -0.2) is 9.59 Å². The third-order valence-electron chi connectivity index (χ3n) is 3.70. The van der Waals surface area contributed by atoms with Gasteiger partial charge in [0.2, 0.25) is 11.6 Å². The molecular formula is C16H26N2O7. The molecule has 142 valence electrons. The summed E-state index contributed by atoms with van der Waals surface area (Å²) in [6.07, 6.45) is -1.65. The quantitative estimate of drug-likeness (QED) is 0.286. The van der Waals surface area contributed by atoms with Crippen LogP contribution < -0.4 is 11.5 Å². The van der Waals surface area contributed by atoms with Gasteiger partial charge in [-0.05, 0) is 24.7 Å². The minimum Gasteiger partial charge on any atom is -0.480 e. The second-order valence-electron chi connectivity index (χ2n) is 7.10. The second kappa shape index (κ2) is 8.30. The molecule has 25 heavy (non-hydrogen) atoms. The number of aliphatic carboxylic acids is 2.